The molecule has 1 heterocycles. The van der Waals surface area contributed by atoms with Crippen molar-refractivity contribution in [2.24, 2.45) is 0 Å². The molecule has 11 heavy (non-hydrogen) atoms. The maximum atomic E-state index is 5.66. The Morgan fingerprint density at radius 1 is 1.36 bits per heavy atom. The van der Waals surface area contributed by atoms with Gasteiger partial charge in [-0.15, -0.1) is 0 Å². The Bertz CT molecular complexity index is 257. The first-order chi connectivity index (χ1) is 5.13. The van der Waals surface area contributed by atoms with Crippen molar-refractivity contribution in [2.45, 2.75) is 19.8 Å². The molecule has 0 atom stereocenters. The highest BCUT2D eigenvalue weighted by atomic mass is 15.1. The van der Waals surface area contributed by atoms with E-state index in [1.165, 1.54) is 6.20 Å². The zero-order valence-corrected chi connectivity index (χ0v) is 6.70. The summed E-state index contributed by atoms with van der Waals surface area (Å²) < 4.78 is 0. The molecule has 0 radical (unpaired) electrons. The summed E-state index contributed by atoms with van der Waals surface area (Å²) in [6.07, 6.45) is 1.46. The Labute approximate surface area is 65.6 Å². The third-order valence-electron chi connectivity index (χ3n) is 1.50. The first-order valence-electron chi connectivity index (χ1n) is 3.49. The molecule has 0 saturated carbocycles. The standard InChI is InChI=1S/C7H12N4/c1-4(2)7-6(9)5(8)3-10-11-7/h3-4H,1-2H3,(H2,8,11)(H2,9,10). The topological polar surface area (TPSA) is 77.8 Å². The van der Waals surface area contributed by atoms with Crippen LogP contribution in [0.3, 0.4) is 0 Å². The minimum atomic E-state index is 0.269. The van der Waals surface area contributed by atoms with Crippen molar-refractivity contribution in [3.8, 4) is 0 Å². The highest BCUT2D eigenvalue weighted by Crippen LogP contribution is 2.22. The number of nitrogen functional groups attached to an aromatic ring is 2. The van der Waals surface area contributed by atoms with E-state index in [1.807, 2.05) is 13.8 Å². The van der Waals surface area contributed by atoms with E-state index >= 15 is 0 Å². The van der Waals surface area contributed by atoms with E-state index in [9.17, 15) is 0 Å². The molecule has 0 fully saturated rings. The summed E-state index contributed by atoms with van der Waals surface area (Å²) in [7, 11) is 0. The van der Waals surface area contributed by atoms with Crippen molar-refractivity contribution in [3.05, 3.63) is 11.9 Å². The Morgan fingerprint density at radius 3 is 2.45 bits per heavy atom. The molecule has 0 aliphatic carbocycles. The number of rotatable bonds is 1. The molecule has 0 bridgehead atoms. The van der Waals surface area contributed by atoms with Crippen LogP contribution < -0.4 is 11.5 Å². The molecule has 4 nitrogen and oxygen atoms in total. The number of anilines is 2. The average molecular weight is 152 g/mol. The molecule has 0 saturated heterocycles. The summed E-state index contributed by atoms with van der Waals surface area (Å²) in [5.41, 5.74) is 13.0. The van der Waals surface area contributed by atoms with Gasteiger partial charge in [-0.25, -0.2) is 0 Å². The van der Waals surface area contributed by atoms with Gasteiger partial charge in [0.15, 0.2) is 0 Å². The molecule has 1 aromatic rings. The summed E-state index contributed by atoms with van der Waals surface area (Å²) in [6.45, 7) is 4.00. The second-order valence-corrected chi connectivity index (χ2v) is 2.75. The summed E-state index contributed by atoms with van der Waals surface area (Å²) in [6, 6.07) is 0. The fraction of sp³-hybridized carbons (Fsp3) is 0.429. The van der Waals surface area contributed by atoms with Crippen LogP contribution in [0.4, 0.5) is 11.4 Å². The molecule has 0 spiro atoms. The molecular formula is C7H12N4. The molecule has 0 aromatic carbocycles. The Balaban J connectivity index is 3.17. The van der Waals surface area contributed by atoms with E-state index < -0.39 is 0 Å². The number of hydrogen-bond donors (Lipinski definition) is 2. The molecule has 0 amide bonds. The normalized spacial score (nSPS) is 10.5. The van der Waals surface area contributed by atoms with Crippen molar-refractivity contribution in [1.82, 2.24) is 10.2 Å². The van der Waals surface area contributed by atoms with Crippen LogP contribution in [0.25, 0.3) is 0 Å². The maximum Gasteiger partial charge on any atom is 0.0906 e. The molecule has 0 aliphatic heterocycles. The molecule has 1 rings (SSSR count). The highest BCUT2D eigenvalue weighted by molar-refractivity contribution is 5.64. The van der Waals surface area contributed by atoms with Crippen LogP contribution in [0, 0.1) is 0 Å². The lowest BCUT2D eigenvalue weighted by molar-refractivity contribution is 0.791. The largest absolute Gasteiger partial charge is 0.396 e. The summed E-state index contributed by atoms with van der Waals surface area (Å²) in [4.78, 5) is 0. The van der Waals surface area contributed by atoms with E-state index in [0.717, 1.165) is 5.69 Å². The molecular weight excluding hydrogens is 140 g/mol. The predicted octanol–water partition coefficient (Wildman–Crippen LogP) is 0.764. The lowest BCUT2D eigenvalue weighted by Gasteiger charge is -2.07. The monoisotopic (exact) mass is 152 g/mol. The number of hydrogen-bond acceptors (Lipinski definition) is 4. The van der Waals surface area contributed by atoms with Gasteiger partial charge in [0.05, 0.1) is 23.3 Å². The van der Waals surface area contributed by atoms with Crippen LogP contribution in [0.5, 0.6) is 0 Å². The summed E-state index contributed by atoms with van der Waals surface area (Å²) >= 11 is 0. The van der Waals surface area contributed by atoms with Crippen LogP contribution in [-0.2, 0) is 0 Å². The van der Waals surface area contributed by atoms with Crippen LogP contribution in [-0.4, -0.2) is 10.2 Å². The van der Waals surface area contributed by atoms with Gasteiger partial charge in [0.2, 0.25) is 0 Å². The zero-order valence-electron chi connectivity index (χ0n) is 6.70. The van der Waals surface area contributed by atoms with E-state index in [-0.39, 0.29) is 5.92 Å². The third-order valence-corrected chi connectivity index (χ3v) is 1.50. The molecule has 0 unspecified atom stereocenters. The first kappa shape index (κ1) is 7.78. The fourth-order valence-electron chi connectivity index (χ4n) is 0.851. The Kier molecular flexibility index (Phi) is 1.94. The van der Waals surface area contributed by atoms with Gasteiger partial charge in [-0.1, -0.05) is 13.8 Å². The van der Waals surface area contributed by atoms with Crippen LogP contribution in [0.15, 0.2) is 6.20 Å². The first-order valence-corrected chi connectivity index (χ1v) is 3.49. The van der Waals surface area contributed by atoms with Gasteiger partial charge in [0, 0.05) is 0 Å². The van der Waals surface area contributed by atoms with Gasteiger partial charge in [0.1, 0.15) is 0 Å². The van der Waals surface area contributed by atoms with E-state index in [1.54, 1.807) is 0 Å². The fourth-order valence-corrected chi connectivity index (χ4v) is 0.851. The van der Waals surface area contributed by atoms with Gasteiger partial charge in [-0.05, 0) is 5.92 Å². The smallest absolute Gasteiger partial charge is 0.0906 e. The van der Waals surface area contributed by atoms with Crippen LogP contribution >= 0.6 is 0 Å². The van der Waals surface area contributed by atoms with Crippen molar-refractivity contribution in [2.75, 3.05) is 11.5 Å². The zero-order chi connectivity index (χ0) is 8.43. The Morgan fingerprint density at radius 2 is 2.00 bits per heavy atom. The van der Waals surface area contributed by atoms with Crippen molar-refractivity contribution >= 4 is 11.4 Å². The van der Waals surface area contributed by atoms with Crippen molar-refractivity contribution in [1.29, 1.82) is 0 Å². The molecule has 60 valence electrons. The second kappa shape index (κ2) is 2.74. The summed E-state index contributed by atoms with van der Waals surface area (Å²) in [5, 5.41) is 7.59. The summed E-state index contributed by atoms with van der Waals surface area (Å²) in [5.74, 6) is 0.269. The Hall–Kier alpha value is -1.32. The lowest BCUT2D eigenvalue weighted by atomic mass is 10.1. The molecule has 4 N–H and O–H groups in total. The molecule has 4 heteroatoms. The second-order valence-electron chi connectivity index (χ2n) is 2.75. The number of aromatic nitrogens is 2. The van der Waals surface area contributed by atoms with Crippen LogP contribution in [0.1, 0.15) is 25.5 Å². The van der Waals surface area contributed by atoms with Gasteiger partial charge in [0.25, 0.3) is 0 Å². The predicted molar refractivity (Wildman–Crippen MR) is 44.9 cm³/mol. The van der Waals surface area contributed by atoms with E-state index in [4.69, 9.17) is 11.5 Å². The SMILES string of the molecule is CC(C)c1nncc(N)c1N. The van der Waals surface area contributed by atoms with Crippen molar-refractivity contribution < 1.29 is 0 Å². The van der Waals surface area contributed by atoms with Gasteiger partial charge in [-0.2, -0.15) is 10.2 Å². The van der Waals surface area contributed by atoms with Gasteiger partial charge < -0.3 is 11.5 Å². The van der Waals surface area contributed by atoms with Gasteiger partial charge >= 0.3 is 0 Å². The minimum absolute atomic E-state index is 0.269. The lowest BCUT2D eigenvalue weighted by Crippen LogP contribution is -2.05. The van der Waals surface area contributed by atoms with E-state index in [0.29, 0.717) is 11.4 Å². The van der Waals surface area contributed by atoms with Crippen molar-refractivity contribution in [3.63, 3.8) is 0 Å². The molecule has 1 aromatic heterocycles. The number of nitrogens with zero attached hydrogens (tertiary/aromatic N) is 2. The molecule has 0 aliphatic rings. The maximum absolute atomic E-state index is 5.66. The van der Waals surface area contributed by atoms with Crippen LogP contribution in [0.2, 0.25) is 0 Å². The quantitative estimate of drug-likeness (QED) is 0.622. The van der Waals surface area contributed by atoms with Gasteiger partial charge in [-0.3, -0.25) is 0 Å². The third kappa shape index (κ3) is 1.39. The average Bonchev–Trinajstić information content (AvgIpc) is 1.94. The minimum Gasteiger partial charge on any atom is -0.396 e. The highest BCUT2D eigenvalue weighted by Gasteiger charge is 2.07. The number of nitrogens with two attached hydrogens (primary N) is 2. The van der Waals surface area contributed by atoms with E-state index in [2.05, 4.69) is 10.2 Å².